The van der Waals surface area contributed by atoms with Gasteiger partial charge in [-0.05, 0) is 54.8 Å². The second kappa shape index (κ2) is 3.23. The van der Waals surface area contributed by atoms with Gasteiger partial charge in [0.15, 0.2) is 0 Å². The molecule has 0 heterocycles. The first-order chi connectivity index (χ1) is 7.27. The highest BCUT2D eigenvalue weighted by Gasteiger charge is 2.52. The van der Waals surface area contributed by atoms with E-state index < -0.39 is 0 Å². The summed E-state index contributed by atoms with van der Waals surface area (Å²) in [6.07, 6.45) is 3.97. The Kier molecular flexibility index (Phi) is 2.08. The van der Waals surface area contributed by atoms with Crippen LogP contribution in [0, 0.1) is 0 Å². The van der Waals surface area contributed by atoms with Gasteiger partial charge in [-0.1, -0.05) is 23.7 Å². The standard InChI is InChI=1S/C13H16ClN/c1-15-8-9-7-13(5-6-13)12-10(9)3-2-4-11(12)14/h2-4,9,15H,5-8H2,1H3. The monoisotopic (exact) mass is 221 g/mol. The lowest BCUT2D eigenvalue weighted by atomic mass is 9.98. The van der Waals surface area contributed by atoms with Crippen molar-refractivity contribution in [2.75, 3.05) is 13.6 Å². The third-order valence-corrected chi connectivity index (χ3v) is 4.27. The molecule has 2 aliphatic carbocycles. The van der Waals surface area contributed by atoms with E-state index in [9.17, 15) is 0 Å². The Bertz CT molecular complexity index is 396. The quantitative estimate of drug-likeness (QED) is 0.810. The van der Waals surface area contributed by atoms with E-state index >= 15 is 0 Å². The van der Waals surface area contributed by atoms with E-state index in [2.05, 4.69) is 17.4 Å². The number of rotatable bonds is 2. The molecule has 1 spiro atoms. The molecule has 1 unspecified atom stereocenters. The van der Waals surface area contributed by atoms with E-state index in [0.717, 1.165) is 11.6 Å². The largest absolute Gasteiger partial charge is 0.319 e. The second-order valence-electron chi connectivity index (χ2n) is 4.94. The molecule has 2 aliphatic rings. The van der Waals surface area contributed by atoms with Crippen LogP contribution < -0.4 is 5.32 Å². The van der Waals surface area contributed by atoms with Crippen molar-refractivity contribution in [2.24, 2.45) is 0 Å². The van der Waals surface area contributed by atoms with Gasteiger partial charge in [0.05, 0.1) is 0 Å². The van der Waals surface area contributed by atoms with Crippen LogP contribution in [0.5, 0.6) is 0 Å². The molecule has 80 valence electrons. The number of benzene rings is 1. The first-order valence-electron chi connectivity index (χ1n) is 5.70. The Morgan fingerprint density at radius 3 is 2.93 bits per heavy atom. The number of halogens is 1. The van der Waals surface area contributed by atoms with Crippen LogP contribution >= 0.6 is 11.6 Å². The molecule has 15 heavy (non-hydrogen) atoms. The zero-order chi connectivity index (χ0) is 10.5. The van der Waals surface area contributed by atoms with Crippen molar-refractivity contribution >= 4 is 11.6 Å². The molecule has 3 rings (SSSR count). The molecule has 2 heteroatoms. The van der Waals surface area contributed by atoms with Crippen LogP contribution in [0.25, 0.3) is 0 Å². The van der Waals surface area contributed by atoms with Crippen LogP contribution in [-0.2, 0) is 5.41 Å². The first-order valence-corrected chi connectivity index (χ1v) is 6.08. The predicted molar refractivity (Wildman–Crippen MR) is 63.6 cm³/mol. The number of likely N-dealkylation sites (N-methyl/N-ethyl adjacent to an activating group) is 1. The normalized spacial score (nSPS) is 25.6. The highest BCUT2D eigenvalue weighted by molar-refractivity contribution is 6.31. The maximum Gasteiger partial charge on any atom is 0.0446 e. The molecular formula is C13H16ClN. The lowest BCUT2D eigenvalue weighted by Crippen LogP contribution is -2.15. The fourth-order valence-corrected chi connectivity index (χ4v) is 3.54. The zero-order valence-corrected chi connectivity index (χ0v) is 9.77. The summed E-state index contributed by atoms with van der Waals surface area (Å²) in [7, 11) is 2.03. The molecule has 1 nitrogen and oxygen atoms in total. The lowest BCUT2D eigenvalue weighted by Gasteiger charge is -2.10. The highest BCUT2D eigenvalue weighted by atomic mass is 35.5. The van der Waals surface area contributed by atoms with Gasteiger partial charge >= 0.3 is 0 Å². The van der Waals surface area contributed by atoms with Gasteiger partial charge in [0.2, 0.25) is 0 Å². The summed E-state index contributed by atoms with van der Waals surface area (Å²) >= 11 is 6.34. The van der Waals surface area contributed by atoms with Crippen LogP contribution in [-0.4, -0.2) is 13.6 Å². The zero-order valence-electron chi connectivity index (χ0n) is 9.02. The third-order valence-electron chi connectivity index (χ3n) is 3.96. The fourth-order valence-electron chi connectivity index (χ4n) is 3.16. The Morgan fingerprint density at radius 1 is 1.47 bits per heavy atom. The van der Waals surface area contributed by atoms with Crippen LogP contribution in [0.15, 0.2) is 18.2 Å². The lowest BCUT2D eigenvalue weighted by molar-refractivity contribution is 0.556. The van der Waals surface area contributed by atoms with Crippen molar-refractivity contribution < 1.29 is 0 Å². The van der Waals surface area contributed by atoms with Crippen molar-refractivity contribution in [3.8, 4) is 0 Å². The average molecular weight is 222 g/mol. The van der Waals surface area contributed by atoms with Gasteiger partial charge in [0.1, 0.15) is 0 Å². The van der Waals surface area contributed by atoms with Crippen LogP contribution in [0.4, 0.5) is 0 Å². The topological polar surface area (TPSA) is 12.0 Å². The van der Waals surface area contributed by atoms with Crippen LogP contribution in [0.2, 0.25) is 5.02 Å². The smallest absolute Gasteiger partial charge is 0.0446 e. The van der Waals surface area contributed by atoms with Gasteiger partial charge in [-0.15, -0.1) is 0 Å². The molecule has 0 aliphatic heterocycles. The van der Waals surface area contributed by atoms with Crippen molar-refractivity contribution in [3.63, 3.8) is 0 Å². The second-order valence-corrected chi connectivity index (χ2v) is 5.35. The molecule has 1 N–H and O–H groups in total. The molecule has 0 amide bonds. The minimum atomic E-state index is 0.467. The van der Waals surface area contributed by atoms with E-state index in [1.54, 1.807) is 0 Å². The van der Waals surface area contributed by atoms with E-state index in [0.29, 0.717) is 11.3 Å². The summed E-state index contributed by atoms with van der Waals surface area (Å²) < 4.78 is 0. The van der Waals surface area contributed by atoms with E-state index in [4.69, 9.17) is 11.6 Å². The highest BCUT2D eigenvalue weighted by Crippen LogP contribution is 2.62. The van der Waals surface area contributed by atoms with Crippen molar-refractivity contribution in [1.82, 2.24) is 5.32 Å². The van der Waals surface area contributed by atoms with Gasteiger partial charge in [-0.3, -0.25) is 0 Å². The molecule has 1 atom stereocenters. The van der Waals surface area contributed by atoms with Crippen molar-refractivity contribution in [1.29, 1.82) is 0 Å². The van der Waals surface area contributed by atoms with Crippen molar-refractivity contribution in [3.05, 3.63) is 34.3 Å². The Morgan fingerprint density at radius 2 is 2.27 bits per heavy atom. The summed E-state index contributed by atoms with van der Waals surface area (Å²) in [5.74, 6) is 0.672. The fraction of sp³-hybridized carbons (Fsp3) is 0.538. The number of hydrogen-bond acceptors (Lipinski definition) is 1. The third kappa shape index (κ3) is 1.33. The average Bonchev–Trinajstić information content (AvgIpc) is 2.90. The number of fused-ring (bicyclic) bond motifs is 2. The first kappa shape index (κ1) is 9.68. The van der Waals surface area contributed by atoms with Gasteiger partial charge in [-0.2, -0.15) is 0 Å². The maximum atomic E-state index is 6.34. The summed E-state index contributed by atoms with van der Waals surface area (Å²) in [6.45, 7) is 1.08. The molecule has 1 fully saturated rings. The van der Waals surface area contributed by atoms with Gasteiger partial charge in [-0.25, -0.2) is 0 Å². The maximum absolute atomic E-state index is 6.34. The van der Waals surface area contributed by atoms with Gasteiger partial charge in [0.25, 0.3) is 0 Å². The SMILES string of the molecule is CNCC1CC2(CC2)c2c(Cl)cccc21. The van der Waals surface area contributed by atoms with E-state index in [-0.39, 0.29) is 0 Å². The predicted octanol–water partition coefficient (Wildman–Crippen LogP) is 3.08. The molecule has 0 radical (unpaired) electrons. The Labute approximate surface area is 95.8 Å². The molecule has 1 aromatic rings. The minimum Gasteiger partial charge on any atom is -0.319 e. The summed E-state index contributed by atoms with van der Waals surface area (Å²) in [6, 6.07) is 6.39. The molecule has 0 bridgehead atoms. The number of hydrogen-bond donors (Lipinski definition) is 1. The number of nitrogens with one attached hydrogen (secondary N) is 1. The summed E-state index contributed by atoms with van der Waals surface area (Å²) in [5, 5.41) is 4.28. The van der Waals surface area contributed by atoms with E-state index in [1.165, 1.54) is 30.4 Å². The van der Waals surface area contributed by atoms with Crippen LogP contribution in [0.3, 0.4) is 0 Å². The molecule has 1 aromatic carbocycles. The Hall–Kier alpha value is -0.530. The van der Waals surface area contributed by atoms with Crippen LogP contribution in [0.1, 0.15) is 36.3 Å². The van der Waals surface area contributed by atoms with Gasteiger partial charge in [0, 0.05) is 11.6 Å². The Balaban J connectivity index is 2.08. The summed E-state index contributed by atoms with van der Waals surface area (Å²) in [4.78, 5) is 0. The molecule has 0 aromatic heterocycles. The molecule has 0 saturated heterocycles. The minimum absolute atomic E-state index is 0.467. The molecule has 1 saturated carbocycles. The summed E-state index contributed by atoms with van der Waals surface area (Å²) in [5.41, 5.74) is 3.43. The van der Waals surface area contributed by atoms with Gasteiger partial charge < -0.3 is 5.32 Å². The van der Waals surface area contributed by atoms with Crippen molar-refractivity contribution in [2.45, 2.75) is 30.6 Å². The molecular weight excluding hydrogens is 206 g/mol. The van der Waals surface area contributed by atoms with E-state index in [1.807, 2.05) is 13.1 Å².